The van der Waals surface area contributed by atoms with Crippen molar-refractivity contribution in [1.29, 1.82) is 0 Å². The van der Waals surface area contributed by atoms with Crippen LogP contribution in [0.25, 0.3) is 10.9 Å². The minimum absolute atomic E-state index is 0.0543. The van der Waals surface area contributed by atoms with Crippen molar-refractivity contribution in [3.05, 3.63) is 71.9 Å². The maximum absolute atomic E-state index is 6.24. The lowest BCUT2D eigenvalue weighted by molar-refractivity contribution is 0.722. The molecule has 0 saturated heterocycles. The maximum Gasteiger partial charge on any atom is 0.0456 e. The van der Waals surface area contributed by atoms with Gasteiger partial charge in [-0.1, -0.05) is 42.5 Å². The SMILES string of the molecule is NC(Cc1ccc2cc[nH]c2c1)c1ccccc1. The molecule has 0 fully saturated rings. The van der Waals surface area contributed by atoms with Gasteiger partial charge in [-0.05, 0) is 35.1 Å². The molecule has 1 unspecified atom stereocenters. The Labute approximate surface area is 106 Å². The van der Waals surface area contributed by atoms with Crippen molar-refractivity contribution in [2.45, 2.75) is 12.5 Å². The number of H-pyrrole nitrogens is 1. The second-order valence-corrected chi connectivity index (χ2v) is 4.62. The first-order chi connectivity index (χ1) is 8.83. The van der Waals surface area contributed by atoms with Gasteiger partial charge in [0, 0.05) is 17.8 Å². The quantitative estimate of drug-likeness (QED) is 0.719. The van der Waals surface area contributed by atoms with Crippen molar-refractivity contribution in [3.63, 3.8) is 0 Å². The summed E-state index contributed by atoms with van der Waals surface area (Å²) >= 11 is 0. The van der Waals surface area contributed by atoms with Crippen LogP contribution in [0, 0.1) is 0 Å². The molecule has 0 radical (unpaired) electrons. The van der Waals surface area contributed by atoms with Gasteiger partial charge in [-0.15, -0.1) is 0 Å². The Kier molecular flexibility index (Phi) is 2.87. The van der Waals surface area contributed by atoms with E-state index in [2.05, 4.69) is 41.4 Å². The lowest BCUT2D eigenvalue weighted by Gasteiger charge is -2.12. The zero-order valence-corrected chi connectivity index (χ0v) is 10.1. The molecule has 3 N–H and O–H groups in total. The summed E-state index contributed by atoms with van der Waals surface area (Å²) in [6.07, 6.45) is 2.82. The standard InChI is InChI=1S/C16H16N2/c17-15(13-4-2-1-3-5-13)10-12-6-7-14-8-9-18-16(14)11-12/h1-9,11,15,18H,10,17H2. The predicted molar refractivity (Wildman–Crippen MR) is 75.4 cm³/mol. The maximum atomic E-state index is 6.24. The first-order valence-corrected chi connectivity index (χ1v) is 6.19. The molecule has 0 saturated carbocycles. The molecule has 1 atom stereocenters. The fourth-order valence-electron chi connectivity index (χ4n) is 2.29. The van der Waals surface area contributed by atoms with Gasteiger partial charge >= 0.3 is 0 Å². The number of nitrogens with one attached hydrogen (secondary N) is 1. The van der Waals surface area contributed by atoms with Crippen molar-refractivity contribution >= 4 is 10.9 Å². The van der Waals surface area contributed by atoms with Crippen LogP contribution >= 0.6 is 0 Å². The molecule has 0 spiro atoms. The zero-order chi connectivity index (χ0) is 12.4. The number of fused-ring (bicyclic) bond motifs is 1. The van der Waals surface area contributed by atoms with Crippen LogP contribution in [0.4, 0.5) is 0 Å². The fourth-order valence-corrected chi connectivity index (χ4v) is 2.29. The topological polar surface area (TPSA) is 41.8 Å². The second-order valence-electron chi connectivity index (χ2n) is 4.62. The zero-order valence-electron chi connectivity index (χ0n) is 10.1. The number of nitrogens with two attached hydrogens (primary N) is 1. The van der Waals surface area contributed by atoms with Crippen molar-refractivity contribution in [2.24, 2.45) is 5.73 Å². The van der Waals surface area contributed by atoms with Crippen LogP contribution in [0.5, 0.6) is 0 Å². The van der Waals surface area contributed by atoms with E-state index in [0.717, 1.165) is 6.42 Å². The van der Waals surface area contributed by atoms with Crippen LogP contribution in [0.15, 0.2) is 60.8 Å². The summed E-state index contributed by atoms with van der Waals surface area (Å²) in [6.45, 7) is 0. The van der Waals surface area contributed by atoms with Gasteiger partial charge in [-0.25, -0.2) is 0 Å². The molecule has 1 aromatic heterocycles. The number of benzene rings is 2. The summed E-state index contributed by atoms with van der Waals surface area (Å²) in [6, 6.07) is 18.8. The number of aromatic nitrogens is 1. The molecule has 2 nitrogen and oxygen atoms in total. The third kappa shape index (κ3) is 2.15. The molecule has 2 heteroatoms. The predicted octanol–water partition coefficient (Wildman–Crippen LogP) is 3.41. The Balaban J connectivity index is 1.83. The first-order valence-electron chi connectivity index (χ1n) is 6.19. The van der Waals surface area contributed by atoms with Crippen LogP contribution in [0.2, 0.25) is 0 Å². The van der Waals surface area contributed by atoms with Gasteiger partial charge in [0.1, 0.15) is 0 Å². The van der Waals surface area contributed by atoms with Crippen LogP contribution in [-0.4, -0.2) is 4.98 Å². The summed E-state index contributed by atoms with van der Waals surface area (Å²) in [4.78, 5) is 3.23. The average Bonchev–Trinajstić information content (AvgIpc) is 2.87. The highest BCUT2D eigenvalue weighted by molar-refractivity contribution is 5.79. The van der Waals surface area contributed by atoms with E-state index in [0.29, 0.717) is 0 Å². The highest BCUT2D eigenvalue weighted by Crippen LogP contribution is 2.19. The average molecular weight is 236 g/mol. The van der Waals surface area contributed by atoms with E-state index in [-0.39, 0.29) is 6.04 Å². The lowest BCUT2D eigenvalue weighted by Crippen LogP contribution is -2.13. The highest BCUT2D eigenvalue weighted by atomic mass is 14.7. The normalized spacial score (nSPS) is 12.7. The molecule has 3 aromatic rings. The van der Waals surface area contributed by atoms with Crippen LogP contribution in [0.3, 0.4) is 0 Å². The summed E-state index contributed by atoms with van der Waals surface area (Å²) in [7, 11) is 0. The molecule has 0 bridgehead atoms. The van der Waals surface area contributed by atoms with E-state index in [1.807, 2.05) is 24.4 Å². The number of hydrogen-bond donors (Lipinski definition) is 2. The minimum atomic E-state index is 0.0543. The lowest BCUT2D eigenvalue weighted by atomic mass is 9.99. The minimum Gasteiger partial charge on any atom is -0.361 e. The Morgan fingerprint density at radius 2 is 1.83 bits per heavy atom. The summed E-state index contributed by atoms with van der Waals surface area (Å²) in [5.41, 5.74) is 9.86. The molecule has 0 aliphatic carbocycles. The number of aromatic amines is 1. The van der Waals surface area contributed by atoms with Crippen molar-refractivity contribution < 1.29 is 0 Å². The monoisotopic (exact) mass is 236 g/mol. The molecular weight excluding hydrogens is 220 g/mol. The summed E-state index contributed by atoms with van der Waals surface area (Å²) in [5, 5.41) is 1.24. The Bertz CT molecular complexity index is 640. The summed E-state index contributed by atoms with van der Waals surface area (Å²) in [5.74, 6) is 0. The fraction of sp³-hybridized carbons (Fsp3) is 0.125. The molecule has 0 aliphatic heterocycles. The molecule has 18 heavy (non-hydrogen) atoms. The molecule has 3 rings (SSSR count). The highest BCUT2D eigenvalue weighted by Gasteiger charge is 2.07. The second kappa shape index (κ2) is 4.67. The van der Waals surface area contributed by atoms with E-state index in [1.54, 1.807) is 0 Å². The van der Waals surface area contributed by atoms with Crippen molar-refractivity contribution in [3.8, 4) is 0 Å². The number of rotatable bonds is 3. The van der Waals surface area contributed by atoms with Crippen LogP contribution < -0.4 is 5.73 Å². The molecule has 90 valence electrons. The van der Waals surface area contributed by atoms with Gasteiger partial charge in [-0.2, -0.15) is 0 Å². The largest absolute Gasteiger partial charge is 0.361 e. The number of hydrogen-bond acceptors (Lipinski definition) is 1. The smallest absolute Gasteiger partial charge is 0.0456 e. The Hall–Kier alpha value is -2.06. The van der Waals surface area contributed by atoms with Gasteiger partial charge in [-0.3, -0.25) is 0 Å². The Morgan fingerprint density at radius 3 is 2.67 bits per heavy atom. The van der Waals surface area contributed by atoms with E-state index in [9.17, 15) is 0 Å². The molecule has 2 aromatic carbocycles. The van der Waals surface area contributed by atoms with Crippen LogP contribution in [-0.2, 0) is 6.42 Å². The van der Waals surface area contributed by atoms with Gasteiger partial charge in [0.2, 0.25) is 0 Å². The third-order valence-electron chi connectivity index (χ3n) is 3.30. The van der Waals surface area contributed by atoms with Gasteiger partial charge in [0.05, 0.1) is 0 Å². The van der Waals surface area contributed by atoms with E-state index < -0.39 is 0 Å². The molecule has 1 heterocycles. The molecule has 0 amide bonds. The van der Waals surface area contributed by atoms with E-state index in [1.165, 1.54) is 22.0 Å². The van der Waals surface area contributed by atoms with E-state index in [4.69, 9.17) is 5.73 Å². The summed E-state index contributed by atoms with van der Waals surface area (Å²) < 4.78 is 0. The van der Waals surface area contributed by atoms with E-state index >= 15 is 0 Å². The van der Waals surface area contributed by atoms with Crippen LogP contribution in [0.1, 0.15) is 17.2 Å². The van der Waals surface area contributed by atoms with Gasteiger partial charge in [0.25, 0.3) is 0 Å². The van der Waals surface area contributed by atoms with Crippen molar-refractivity contribution in [1.82, 2.24) is 4.98 Å². The van der Waals surface area contributed by atoms with Crippen molar-refractivity contribution in [2.75, 3.05) is 0 Å². The molecule has 0 aliphatic rings. The first kappa shape index (κ1) is 11.1. The third-order valence-corrected chi connectivity index (χ3v) is 3.30. The van der Waals surface area contributed by atoms with Gasteiger partial charge < -0.3 is 10.7 Å². The van der Waals surface area contributed by atoms with Gasteiger partial charge in [0.15, 0.2) is 0 Å². The Morgan fingerprint density at radius 1 is 1.00 bits per heavy atom. The molecular formula is C16H16N2.